The van der Waals surface area contributed by atoms with Crippen LogP contribution in [0.25, 0.3) is 0 Å². The molecule has 3 nitrogen and oxygen atoms in total. The average molecular weight is 261 g/mol. The number of benzene rings is 1. The van der Waals surface area contributed by atoms with Gasteiger partial charge in [0.1, 0.15) is 0 Å². The van der Waals surface area contributed by atoms with Crippen molar-refractivity contribution in [3.63, 3.8) is 0 Å². The summed E-state index contributed by atoms with van der Waals surface area (Å²) in [5.41, 5.74) is 0.931. The number of phenols is 1. The highest BCUT2D eigenvalue weighted by atomic mass is 79.9. The van der Waals surface area contributed by atoms with Crippen LogP contribution in [-0.2, 0) is 6.42 Å². The Hall–Kier alpha value is -0.740. The SMILES string of the molecule is CCOc1cc(CCO)cc(Br)c1O. The molecule has 0 spiro atoms. The first-order chi connectivity index (χ1) is 6.69. The minimum absolute atomic E-state index is 0.0861. The van der Waals surface area contributed by atoms with Crippen LogP contribution in [-0.4, -0.2) is 23.4 Å². The zero-order valence-electron chi connectivity index (χ0n) is 7.96. The summed E-state index contributed by atoms with van der Waals surface area (Å²) < 4.78 is 5.83. The summed E-state index contributed by atoms with van der Waals surface area (Å²) in [7, 11) is 0. The lowest BCUT2D eigenvalue weighted by molar-refractivity contribution is 0.297. The number of aliphatic hydroxyl groups is 1. The lowest BCUT2D eigenvalue weighted by Gasteiger charge is -2.09. The van der Waals surface area contributed by atoms with Crippen LogP contribution in [0.1, 0.15) is 12.5 Å². The summed E-state index contributed by atoms with van der Waals surface area (Å²) in [6.45, 7) is 2.44. The molecule has 4 heteroatoms. The van der Waals surface area contributed by atoms with Gasteiger partial charge in [0, 0.05) is 6.61 Å². The van der Waals surface area contributed by atoms with Crippen LogP contribution < -0.4 is 4.74 Å². The van der Waals surface area contributed by atoms with Gasteiger partial charge in [-0.3, -0.25) is 0 Å². The van der Waals surface area contributed by atoms with Crippen molar-refractivity contribution in [1.29, 1.82) is 0 Å². The predicted molar refractivity (Wildman–Crippen MR) is 57.8 cm³/mol. The molecule has 14 heavy (non-hydrogen) atoms. The number of aromatic hydroxyl groups is 1. The van der Waals surface area contributed by atoms with Gasteiger partial charge in [-0.2, -0.15) is 0 Å². The lowest BCUT2D eigenvalue weighted by atomic mass is 10.1. The first kappa shape index (κ1) is 11.3. The van der Waals surface area contributed by atoms with Gasteiger partial charge >= 0.3 is 0 Å². The molecule has 0 amide bonds. The van der Waals surface area contributed by atoms with Crippen LogP contribution in [0.2, 0.25) is 0 Å². The fraction of sp³-hybridized carbons (Fsp3) is 0.400. The van der Waals surface area contributed by atoms with E-state index in [0.717, 1.165) is 5.56 Å². The third-order valence-corrected chi connectivity index (χ3v) is 2.39. The molecule has 1 rings (SSSR count). The highest BCUT2D eigenvalue weighted by molar-refractivity contribution is 9.10. The molecule has 0 saturated heterocycles. The number of ether oxygens (including phenoxy) is 1. The van der Waals surface area contributed by atoms with Gasteiger partial charge in [-0.1, -0.05) is 0 Å². The average Bonchev–Trinajstić information content (AvgIpc) is 2.14. The fourth-order valence-electron chi connectivity index (χ4n) is 1.17. The highest BCUT2D eigenvalue weighted by Gasteiger charge is 2.08. The zero-order chi connectivity index (χ0) is 10.6. The second-order valence-electron chi connectivity index (χ2n) is 2.83. The Kier molecular flexibility index (Phi) is 4.22. The summed E-state index contributed by atoms with van der Waals surface area (Å²) >= 11 is 3.23. The summed E-state index contributed by atoms with van der Waals surface area (Å²) in [5.74, 6) is 0.555. The van der Waals surface area contributed by atoms with Crippen molar-refractivity contribution < 1.29 is 14.9 Å². The highest BCUT2D eigenvalue weighted by Crippen LogP contribution is 2.35. The molecule has 0 radical (unpaired) electrons. The van der Waals surface area contributed by atoms with E-state index in [-0.39, 0.29) is 12.4 Å². The number of halogens is 1. The largest absolute Gasteiger partial charge is 0.503 e. The topological polar surface area (TPSA) is 49.7 Å². The zero-order valence-corrected chi connectivity index (χ0v) is 9.54. The molecular formula is C10H13BrO3. The van der Waals surface area contributed by atoms with Crippen LogP contribution in [0.5, 0.6) is 11.5 Å². The van der Waals surface area contributed by atoms with E-state index in [1.807, 2.05) is 6.92 Å². The Morgan fingerprint density at radius 1 is 1.43 bits per heavy atom. The van der Waals surface area contributed by atoms with Gasteiger partial charge in [-0.05, 0) is 47.0 Å². The van der Waals surface area contributed by atoms with Gasteiger partial charge in [-0.15, -0.1) is 0 Å². The molecule has 0 atom stereocenters. The Morgan fingerprint density at radius 3 is 2.71 bits per heavy atom. The van der Waals surface area contributed by atoms with Crippen molar-refractivity contribution in [1.82, 2.24) is 0 Å². The Balaban J connectivity index is 3.01. The Morgan fingerprint density at radius 2 is 2.14 bits per heavy atom. The van der Waals surface area contributed by atoms with Crippen LogP contribution in [0.3, 0.4) is 0 Å². The maximum absolute atomic E-state index is 9.59. The van der Waals surface area contributed by atoms with E-state index >= 15 is 0 Å². The number of hydrogen-bond donors (Lipinski definition) is 2. The number of phenolic OH excluding ortho intramolecular Hbond substituents is 1. The van der Waals surface area contributed by atoms with E-state index in [1.54, 1.807) is 12.1 Å². The summed E-state index contributed by atoms with van der Waals surface area (Å²) in [4.78, 5) is 0. The quantitative estimate of drug-likeness (QED) is 0.872. The lowest BCUT2D eigenvalue weighted by Crippen LogP contribution is -1.96. The van der Waals surface area contributed by atoms with E-state index < -0.39 is 0 Å². The van der Waals surface area contributed by atoms with Crippen LogP contribution in [0.15, 0.2) is 16.6 Å². The second kappa shape index (κ2) is 5.22. The van der Waals surface area contributed by atoms with E-state index in [2.05, 4.69) is 15.9 Å². The first-order valence-corrected chi connectivity index (χ1v) is 5.23. The molecule has 78 valence electrons. The Bertz CT molecular complexity index is 312. The summed E-state index contributed by atoms with van der Waals surface area (Å²) in [5, 5.41) is 18.4. The molecule has 0 aliphatic rings. The monoisotopic (exact) mass is 260 g/mol. The van der Waals surface area contributed by atoms with Gasteiger partial charge in [0.25, 0.3) is 0 Å². The van der Waals surface area contributed by atoms with E-state index in [9.17, 15) is 5.11 Å². The molecule has 0 fully saturated rings. The minimum atomic E-state index is 0.0861. The van der Waals surface area contributed by atoms with Gasteiger partial charge in [-0.25, -0.2) is 0 Å². The van der Waals surface area contributed by atoms with Crippen molar-refractivity contribution >= 4 is 15.9 Å². The third-order valence-electron chi connectivity index (χ3n) is 1.79. The number of hydrogen-bond acceptors (Lipinski definition) is 3. The molecule has 1 aromatic rings. The second-order valence-corrected chi connectivity index (χ2v) is 3.69. The van der Waals surface area contributed by atoms with Crippen LogP contribution >= 0.6 is 15.9 Å². The molecule has 0 heterocycles. The van der Waals surface area contributed by atoms with Crippen LogP contribution in [0.4, 0.5) is 0 Å². The fourth-order valence-corrected chi connectivity index (χ4v) is 1.66. The van der Waals surface area contributed by atoms with Gasteiger partial charge in [0.05, 0.1) is 11.1 Å². The molecule has 1 aromatic carbocycles. The molecule has 0 bridgehead atoms. The minimum Gasteiger partial charge on any atom is -0.503 e. The van der Waals surface area contributed by atoms with Crippen molar-refractivity contribution in [2.24, 2.45) is 0 Å². The van der Waals surface area contributed by atoms with Crippen molar-refractivity contribution in [3.8, 4) is 11.5 Å². The molecule has 0 aliphatic heterocycles. The summed E-state index contributed by atoms with van der Waals surface area (Å²) in [6.07, 6.45) is 0.555. The molecule has 0 unspecified atom stereocenters. The first-order valence-electron chi connectivity index (χ1n) is 4.44. The maximum Gasteiger partial charge on any atom is 0.172 e. The molecule has 2 N–H and O–H groups in total. The molecular weight excluding hydrogens is 248 g/mol. The van der Waals surface area contributed by atoms with E-state index in [1.165, 1.54) is 0 Å². The normalized spacial score (nSPS) is 10.2. The standard InChI is InChI=1S/C10H13BrO3/c1-2-14-9-6-7(3-4-12)5-8(11)10(9)13/h5-6,12-13H,2-4H2,1H3. The van der Waals surface area contributed by atoms with Gasteiger partial charge in [0.15, 0.2) is 11.5 Å². The van der Waals surface area contributed by atoms with Crippen molar-refractivity contribution in [2.75, 3.05) is 13.2 Å². The van der Waals surface area contributed by atoms with E-state index in [4.69, 9.17) is 9.84 Å². The van der Waals surface area contributed by atoms with Crippen molar-refractivity contribution in [3.05, 3.63) is 22.2 Å². The Labute approximate surface area is 91.5 Å². The predicted octanol–water partition coefficient (Wildman–Crippen LogP) is 2.09. The third kappa shape index (κ3) is 2.62. The van der Waals surface area contributed by atoms with Gasteiger partial charge < -0.3 is 14.9 Å². The molecule has 0 aliphatic carbocycles. The van der Waals surface area contributed by atoms with Crippen LogP contribution in [0, 0.1) is 0 Å². The number of aliphatic hydroxyl groups excluding tert-OH is 1. The van der Waals surface area contributed by atoms with Gasteiger partial charge in [0.2, 0.25) is 0 Å². The number of rotatable bonds is 4. The molecule has 0 saturated carbocycles. The maximum atomic E-state index is 9.59. The smallest absolute Gasteiger partial charge is 0.172 e. The van der Waals surface area contributed by atoms with E-state index in [0.29, 0.717) is 23.2 Å². The van der Waals surface area contributed by atoms with Crippen molar-refractivity contribution in [2.45, 2.75) is 13.3 Å². The molecule has 0 aromatic heterocycles. The summed E-state index contributed by atoms with van der Waals surface area (Å²) in [6, 6.07) is 3.51.